The Labute approximate surface area is 85.8 Å². The van der Waals surface area contributed by atoms with Gasteiger partial charge >= 0.3 is 0 Å². The minimum Gasteiger partial charge on any atom is -0.353 e. The minimum absolute atomic E-state index is 0.0725. The third-order valence-corrected chi connectivity index (χ3v) is 2.50. The first-order chi connectivity index (χ1) is 6.50. The molecule has 0 aliphatic carbocycles. The Morgan fingerprint density at radius 3 is 2.50 bits per heavy atom. The van der Waals surface area contributed by atoms with E-state index in [1.165, 1.54) is 25.9 Å². The van der Waals surface area contributed by atoms with Crippen molar-refractivity contribution in [2.45, 2.75) is 32.2 Å². The quantitative estimate of drug-likeness (QED) is 0.666. The molecule has 0 spiro atoms. The molecule has 0 aromatic carbocycles. The summed E-state index contributed by atoms with van der Waals surface area (Å²) in [5.41, 5.74) is 4.89. The highest BCUT2D eigenvalue weighted by atomic mass is 16.2. The minimum atomic E-state index is -0.759. The molecular weight excluding hydrogens is 178 g/mol. The third kappa shape index (κ3) is 3.64. The molecule has 1 saturated heterocycles. The van der Waals surface area contributed by atoms with Crippen LogP contribution in [0.4, 0.5) is 0 Å². The van der Waals surface area contributed by atoms with Crippen LogP contribution in [0, 0.1) is 0 Å². The molecule has 1 fully saturated rings. The number of rotatable bonds is 4. The molecular formula is C10H21N3O. The fourth-order valence-corrected chi connectivity index (χ4v) is 1.56. The van der Waals surface area contributed by atoms with Crippen LogP contribution in [-0.4, -0.2) is 42.5 Å². The number of carbonyl (C=O) groups is 1. The first-order valence-corrected chi connectivity index (χ1v) is 5.30. The maximum Gasteiger partial charge on any atom is 0.239 e. The second kappa shape index (κ2) is 4.75. The van der Waals surface area contributed by atoms with Gasteiger partial charge in [0.15, 0.2) is 0 Å². The zero-order chi connectivity index (χ0) is 10.6. The average Bonchev–Trinajstić information content (AvgIpc) is 2.55. The maximum atomic E-state index is 11.4. The van der Waals surface area contributed by atoms with Gasteiger partial charge in [0.1, 0.15) is 0 Å². The molecule has 1 rings (SSSR count). The fraction of sp³-hybridized carbons (Fsp3) is 0.900. The monoisotopic (exact) mass is 199 g/mol. The molecule has 0 atom stereocenters. The van der Waals surface area contributed by atoms with Crippen molar-refractivity contribution in [3.05, 3.63) is 0 Å². The van der Waals surface area contributed by atoms with Gasteiger partial charge in [-0.1, -0.05) is 0 Å². The summed E-state index contributed by atoms with van der Waals surface area (Å²) in [7, 11) is 0. The van der Waals surface area contributed by atoms with Gasteiger partial charge in [0, 0.05) is 13.1 Å². The Morgan fingerprint density at radius 2 is 2.00 bits per heavy atom. The van der Waals surface area contributed by atoms with Crippen LogP contribution in [0.15, 0.2) is 0 Å². The second-order valence-corrected chi connectivity index (χ2v) is 4.53. The molecule has 0 saturated carbocycles. The number of likely N-dealkylation sites (tertiary alicyclic amines) is 1. The van der Waals surface area contributed by atoms with Crippen LogP contribution in [0.3, 0.4) is 0 Å². The van der Waals surface area contributed by atoms with Gasteiger partial charge < -0.3 is 16.0 Å². The largest absolute Gasteiger partial charge is 0.353 e. The van der Waals surface area contributed by atoms with Crippen LogP contribution in [0.2, 0.25) is 0 Å². The molecule has 0 aromatic heterocycles. The Kier molecular flexibility index (Phi) is 3.89. The van der Waals surface area contributed by atoms with Gasteiger partial charge in [-0.25, -0.2) is 0 Å². The van der Waals surface area contributed by atoms with E-state index in [9.17, 15) is 4.79 Å². The highest BCUT2D eigenvalue weighted by molar-refractivity contribution is 5.84. The molecule has 82 valence electrons. The highest BCUT2D eigenvalue weighted by Gasteiger charge is 2.21. The van der Waals surface area contributed by atoms with Crippen molar-refractivity contribution in [1.82, 2.24) is 10.2 Å². The Morgan fingerprint density at radius 1 is 1.43 bits per heavy atom. The molecule has 14 heavy (non-hydrogen) atoms. The van der Waals surface area contributed by atoms with E-state index in [1.807, 2.05) is 0 Å². The summed E-state index contributed by atoms with van der Waals surface area (Å²) in [6.45, 7) is 7.43. The topological polar surface area (TPSA) is 58.4 Å². The van der Waals surface area contributed by atoms with Gasteiger partial charge in [-0.2, -0.15) is 0 Å². The Bertz CT molecular complexity index is 192. The number of hydrogen-bond donors (Lipinski definition) is 2. The number of nitrogens with one attached hydrogen (secondary N) is 1. The molecule has 4 nitrogen and oxygen atoms in total. The van der Waals surface area contributed by atoms with Gasteiger partial charge in [0.2, 0.25) is 5.91 Å². The van der Waals surface area contributed by atoms with Gasteiger partial charge in [-0.3, -0.25) is 4.79 Å². The normalized spacial score (nSPS) is 18.5. The Balaban J connectivity index is 2.11. The summed E-state index contributed by atoms with van der Waals surface area (Å²) in [5.74, 6) is -0.0725. The number of nitrogens with two attached hydrogens (primary N) is 1. The van der Waals surface area contributed by atoms with E-state index in [2.05, 4.69) is 10.2 Å². The lowest BCUT2D eigenvalue weighted by atomic mass is 10.1. The highest BCUT2D eigenvalue weighted by Crippen LogP contribution is 2.05. The van der Waals surface area contributed by atoms with Crippen molar-refractivity contribution in [2.24, 2.45) is 5.73 Å². The van der Waals surface area contributed by atoms with Gasteiger partial charge in [0.05, 0.1) is 5.54 Å². The van der Waals surface area contributed by atoms with E-state index in [4.69, 9.17) is 5.73 Å². The van der Waals surface area contributed by atoms with E-state index < -0.39 is 5.54 Å². The van der Waals surface area contributed by atoms with Crippen LogP contribution in [0.5, 0.6) is 0 Å². The SMILES string of the molecule is CC(C)(N)C(=O)NCCN1CCCC1. The molecule has 1 heterocycles. The van der Waals surface area contributed by atoms with Gasteiger partial charge in [-0.05, 0) is 39.8 Å². The van der Waals surface area contributed by atoms with Gasteiger partial charge in [0.25, 0.3) is 0 Å². The van der Waals surface area contributed by atoms with Crippen LogP contribution in [0.25, 0.3) is 0 Å². The van der Waals surface area contributed by atoms with Crippen LogP contribution < -0.4 is 11.1 Å². The van der Waals surface area contributed by atoms with Crippen molar-refractivity contribution in [3.8, 4) is 0 Å². The lowest BCUT2D eigenvalue weighted by Gasteiger charge is -2.20. The first-order valence-electron chi connectivity index (χ1n) is 5.30. The summed E-state index contributed by atoms with van der Waals surface area (Å²) in [6.07, 6.45) is 2.58. The van der Waals surface area contributed by atoms with Crippen molar-refractivity contribution in [2.75, 3.05) is 26.2 Å². The molecule has 1 amide bonds. The van der Waals surface area contributed by atoms with E-state index in [0.29, 0.717) is 6.54 Å². The van der Waals surface area contributed by atoms with Gasteiger partial charge in [-0.15, -0.1) is 0 Å². The van der Waals surface area contributed by atoms with E-state index in [0.717, 1.165) is 6.54 Å². The number of nitrogens with zero attached hydrogens (tertiary/aromatic N) is 1. The summed E-state index contributed by atoms with van der Waals surface area (Å²) in [5, 5.41) is 2.84. The summed E-state index contributed by atoms with van der Waals surface area (Å²) in [4.78, 5) is 13.7. The maximum absolute atomic E-state index is 11.4. The number of carbonyl (C=O) groups excluding carboxylic acids is 1. The summed E-state index contributed by atoms with van der Waals surface area (Å²) >= 11 is 0. The molecule has 0 radical (unpaired) electrons. The molecule has 0 bridgehead atoms. The molecule has 3 N–H and O–H groups in total. The van der Waals surface area contributed by atoms with E-state index in [1.54, 1.807) is 13.8 Å². The van der Waals surface area contributed by atoms with Crippen LogP contribution in [-0.2, 0) is 4.79 Å². The standard InChI is InChI=1S/C10H21N3O/c1-10(2,11)9(14)12-5-8-13-6-3-4-7-13/h3-8,11H2,1-2H3,(H,12,14). The van der Waals surface area contributed by atoms with Crippen LogP contribution >= 0.6 is 0 Å². The van der Waals surface area contributed by atoms with Crippen molar-refractivity contribution in [3.63, 3.8) is 0 Å². The lowest BCUT2D eigenvalue weighted by Crippen LogP contribution is -2.50. The molecule has 0 aromatic rings. The zero-order valence-electron chi connectivity index (χ0n) is 9.18. The predicted molar refractivity (Wildman–Crippen MR) is 57.0 cm³/mol. The Hall–Kier alpha value is -0.610. The molecule has 1 aliphatic rings. The van der Waals surface area contributed by atoms with E-state index >= 15 is 0 Å². The first kappa shape index (κ1) is 11.5. The average molecular weight is 199 g/mol. The molecule has 0 unspecified atom stereocenters. The number of amides is 1. The summed E-state index contributed by atoms with van der Waals surface area (Å²) in [6, 6.07) is 0. The van der Waals surface area contributed by atoms with Crippen LogP contribution in [0.1, 0.15) is 26.7 Å². The van der Waals surface area contributed by atoms with E-state index in [-0.39, 0.29) is 5.91 Å². The van der Waals surface area contributed by atoms with Crippen molar-refractivity contribution >= 4 is 5.91 Å². The second-order valence-electron chi connectivity index (χ2n) is 4.53. The van der Waals surface area contributed by atoms with Crippen molar-refractivity contribution in [1.29, 1.82) is 0 Å². The smallest absolute Gasteiger partial charge is 0.239 e. The molecule has 4 heteroatoms. The number of hydrogen-bond acceptors (Lipinski definition) is 3. The summed E-state index contributed by atoms with van der Waals surface area (Å²) < 4.78 is 0. The third-order valence-electron chi connectivity index (χ3n) is 2.50. The van der Waals surface area contributed by atoms with Crippen molar-refractivity contribution < 1.29 is 4.79 Å². The fourth-order valence-electron chi connectivity index (χ4n) is 1.56. The molecule has 1 aliphatic heterocycles. The predicted octanol–water partition coefficient (Wildman–Crippen LogP) is -0.0643. The lowest BCUT2D eigenvalue weighted by molar-refractivity contribution is -0.125. The zero-order valence-corrected chi connectivity index (χ0v) is 9.18.